The second-order valence-corrected chi connectivity index (χ2v) is 6.71. The minimum Gasteiger partial charge on any atom is -0.302 e. The second-order valence-electron chi connectivity index (χ2n) is 3.43. The van der Waals surface area contributed by atoms with Crippen molar-refractivity contribution in [1.82, 2.24) is 4.31 Å². The van der Waals surface area contributed by atoms with E-state index in [1.165, 1.54) is 16.4 Å². The minimum atomic E-state index is -3.64. The Balaban J connectivity index is 3.34. The summed E-state index contributed by atoms with van der Waals surface area (Å²) in [6.07, 6.45) is 0. The first kappa shape index (κ1) is 15.6. The van der Waals surface area contributed by atoms with E-state index in [4.69, 9.17) is 16.2 Å². The molecule has 0 saturated heterocycles. The average molecular weight is 312 g/mol. The Morgan fingerprint density at radius 3 is 2.33 bits per heavy atom. The van der Waals surface area contributed by atoms with Crippen LogP contribution in [0.5, 0.6) is 0 Å². The van der Waals surface area contributed by atoms with E-state index in [0.717, 1.165) is 6.07 Å². The number of hydrogen-bond acceptors (Lipinski definition) is 3. The molecule has 0 heterocycles. The Morgan fingerprint density at radius 2 is 1.89 bits per heavy atom. The van der Waals surface area contributed by atoms with Gasteiger partial charge in [0.25, 0.3) is 0 Å². The lowest BCUT2D eigenvalue weighted by Crippen LogP contribution is -2.30. The molecular formula is C10H14ClNO4S2. The molecule has 0 bridgehead atoms. The van der Waals surface area contributed by atoms with Gasteiger partial charge in [0.05, 0.1) is 14.8 Å². The maximum absolute atomic E-state index is 12.2. The van der Waals surface area contributed by atoms with Crippen molar-refractivity contribution in [3.8, 4) is 0 Å². The molecule has 0 aliphatic carbocycles. The van der Waals surface area contributed by atoms with Crippen LogP contribution in [0.15, 0.2) is 28.0 Å². The van der Waals surface area contributed by atoms with E-state index >= 15 is 0 Å². The highest BCUT2D eigenvalue weighted by Gasteiger charge is 2.23. The Hall–Kier alpha value is -0.470. The van der Waals surface area contributed by atoms with Gasteiger partial charge in [0.15, 0.2) is 11.1 Å². The fourth-order valence-electron chi connectivity index (χ4n) is 1.49. The summed E-state index contributed by atoms with van der Waals surface area (Å²) >= 11 is 3.41. The van der Waals surface area contributed by atoms with Gasteiger partial charge in [-0.3, -0.25) is 0 Å². The van der Waals surface area contributed by atoms with Crippen molar-refractivity contribution in [2.24, 2.45) is 0 Å². The molecular weight excluding hydrogens is 298 g/mol. The van der Waals surface area contributed by atoms with E-state index in [2.05, 4.69) is 0 Å². The topological polar surface area (TPSA) is 74.7 Å². The first-order chi connectivity index (χ1) is 8.34. The van der Waals surface area contributed by atoms with Crippen LogP contribution in [-0.2, 0) is 21.1 Å². The normalized spacial score (nSPS) is 13.8. The number of benzene rings is 1. The van der Waals surface area contributed by atoms with Gasteiger partial charge in [-0.2, -0.15) is 4.31 Å². The monoisotopic (exact) mass is 311 g/mol. The predicted octanol–water partition coefficient (Wildman–Crippen LogP) is 1.95. The molecule has 18 heavy (non-hydrogen) atoms. The quantitative estimate of drug-likeness (QED) is 0.843. The zero-order valence-electron chi connectivity index (χ0n) is 9.96. The molecule has 0 aliphatic heterocycles. The Morgan fingerprint density at radius 1 is 1.33 bits per heavy atom. The van der Waals surface area contributed by atoms with Crippen molar-refractivity contribution >= 4 is 32.7 Å². The Kier molecular flexibility index (Phi) is 5.30. The standard InChI is InChI=1S/C10H14ClNO4S2/c1-3-12(4-2)18(15,16)8-5-6-9(11)10(7-8)17(13)14/h5-7H,3-4H2,1-2H3,(H,13,14). The summed E-state index contributed by atoms with van der Waals surface area (Å²) in [4.78, 5) is -0.141. The Labute approximate surface area is 114 Å². The number of sulfonamides is 1. The van der Waals surface area contributed by atoms with Gasteiger partial charge in [0.2, 0.25) is 10.0 Å². The van der Waals surface area contributed by atoms with Crippen LogP contribution < -0.4 is 0 Å². The van der Waals surface area contributed by atoms with Gasteiger partial charge in [-0.1, -0.05) is 25.4 Å². The van der Waals surface area contributed by atoms with Crippen LogP contribution in [0.4, 0.5) is 0 Å². The minimum absolute atomic E-state index is 0.0343. The van der Waals surface area contributed by atoms with Crippen molar-refractivity contribution in [1.29, 1.82) is 0 Å². The fraction of sp³-hybridized carbons (Fsp3) is 0.400. The van der Waals surface area contributed by atoms with Gasteiger partial charge >= 0.3 is 0 Å². The lowest BCUT2D eigenvalue weighted by molar-refractivity contribution is 0.445. The van der Waals surface area contributed by atoms with Gasteiger partial charge in [-0.15, -0.1) is 0 Å². The fourth-order valence-corrected chi connectivity index (χ4v) is 3.83. The van der Waals surface area contributed by atoms with Crippen LogP contribution in [0.2, 0.25) is 5.02 Å². The molecule has 1 atom stereocenters. The van der Waals surface area contributed by atoms with Crippen molar-refractivity contribution in [3.05, 3.63) is 23.2 Å². The molecule has 0 radical (unpaired) electrons. The summed E-state index contributed by atoms with van der Waals surface area (Å²) in [6, 6.07) is 3.76. The van der Waals surface area contributed by atoms with E-state index < -0.39 is 21.1 Å². The third kappa shape index (κ3) is 3.10. The largest absolute Gasteiger partial charge is 0.302 e. The first-order valence-corrected chi connectivity index (χ1v) is 8.17. The number of rotatable bonds is 5. The third-order valence-electron chi connectivity index (χ3n) is 2.43. The molecule has 0 fully saturated rings. The number of halogens is 1. The summed E-state index contributed by atoms with van der Waals surface area (Å²) in [5, 5.41) is 0.0642. The van der Waals surface area contributed by atoms with Crippen molar-refractivity contribution in [3.63, 3.8) is 0 Å². The van der Waals surface area contributed by atoms with E-state index in [9.17, 15) is 12.6 Å². The predicted molar refractivity (Wildman–Crippen MR) is 70.6 cm³/mol. The van der Waals surface area contributed by atoms with Gasteiger partial charge in [0, 0.05) is 13.1 Å². The Bertz CT molecular complexity index is 555. The first-order valence-electron chi connectivity index (χ1n) is 5.25. The van der Waals surface area contributed by atoms with Crippen molar-refractivity contribution in [2.75, 3.05) is 13.1 Å². The van der Waals surface area contributed by atoms with E-state index in [1.54, 1.807) is 13.8 Å². The summed E-state index contributed by atoms with van der Waals surface area (Å²) < 4.78 is 45.7. The molecule has 8 heteroatoms. The average Bonchev–Trinajstić information content (AvgIpc) is 2.30. The van der Waals surface area contributed by atoms with Gasteiger partial charge in [0.1, 0.15) is 0 Å². The summed E-state index contributed by atoms with van der Waals surface area (Å²) in [7, 11) is -3.64. The highest BCUT2D eigenvalue weighted by atomic mass is 35.5. The van der Waals surface area contributed by atoms with Crippen LogP contribution in [0.1, 0.15) is 13.8 Å². The van der Waals surface area contributed by atoms with Crippen molar-refractivity contribution < 1.29 is 17.2 Å². The molecule has 1 aromatic rings. The zero-order valence-corrected chi connectivity index (χ0v) is 12.3. The molecule has 5 nitrogen and oxygen atoms in total. The van der Waals surface area contributed by atoms with Crippen LogP contribution in [0.3, 0.4) is 0 Å². The molecule has 1 N–H and O–H groups in total. The van der Waals surface area contributed by atoms with Crippen LogP contribution in [-0.4, -0.2) is 34.6 Å². The smallest absolute Gasteiger partial charge is 0.243 e. The summed E-state index contributed by atoms with van der Waals surface area (Å²) in [5.41, 5.74) is 0. The lowest BCUT2D eigenvalue weighted by atomic mass is 10.4. The van der Waals surface area contributed by atoms with Gasteiger partial charge in [-0.05, 0) is 18.2 Å². The molecule has 0 aliphatic rings. The molecule has 0 saturated carbocycles. The van der Waals surface area contributed by atoms with E-state index in [0.29, 0.717) is 13.1 Å². The molecule has 0 amide bonds. The zero-order chi connectivity index (χ0) is 13.9. The van der Waals surface area contributed by atoms with Gasteiger partial charge in [-0.25, -0.2) is 12.6 Å². The second kappa shape index (κ2) is 6.12. The van der Waals surface area contributed by atoms with Crippen molar-refractivity contribution in [2.45, 2.75) is 23.6 Å². The molecule has 1 rings (SSSR count). The van der Waals surface area contributed by atoms with Crippen LogP contribution in [0, 0.1) is 0 Å². The summed E-state index contributed by atoms with van der Waals surface area (Å²) in [5.74, 6) is 0. The van der Waals surface area contributed by atoms with E-state index in [1.807, 2.05) is 0 Å². The van der Waals surface area contributed by atoms with Crippen LogP contribution in [0.25, 0.3) is 0 Å². The molecule has 0 aromatic heterocycles. The third-order valence-corrected chi connectivity index (χ3v) is 5.64. The van der Waals surface area contributed by atoms with E-state index in [-0.39, 0.29) is 14.8 Å². The number of hydrogen-bond donors (Lipinski definition) is 1. The highest BCUT2D eigenvalue weighted by molar-refractivity contribution is 7.89. The highest BCUT2D eigenvalue weighted by Crippen LogP contribution is 2.24. The maximum Gasteiger partial charge on any atom is 0.243 e. The van der Waals surface area contributed by atoms with Gasteiger partial charge < -0.3 is 4.55 Å². The SMILES string of the molecule is CCN(CC)S(=O)(=O)c1ccc(Cl)c(S(=O)O)c1. The molecule has 1 unspecified atom stereocenters. The molecule has 1 aromatic carbocycles. The molecule has 102 valence electrons. The summed E-state index contributed by atoms with van der Waals surface area (Å²) in [6.45, 7) is 4.11. The number of nitrogens with zero attached hydrogens (tertiary/aromatic N) is 1. The molecule has 0 spiro atoms. The van der Waals surface area contributed by atoms with Crippen LogP contribution >= 0.6 is 11.6 Å². The maximum atomic E-state index is 12.2. The lowest BCUT2D eigenvalue weighted by Gasteiger charge is -2.18.